The number of carbonyl (C=O) groups is 1. The molecule has 0 fully saturated rings. The van der Waals surface area contributed by atoms with Crippen LogP contribution in [0.2, 0.25) is 0 Å². The van der Waals surface area contributed by atoms with Gasteiger partial charge in [0.05, 0.1) is 18.4 Å². The Hall–Kier alpha value is -0.990. The van der Waals surface area contributed by atoms with E-state index in [1.54, 1.807) is 13.8 Å². The lowest BCUT2D eigenvalue weighted by Crippen LogP contribution is -2.06. The van der Waals surface area contributed by atoms with Crippen LogP contribution in [0.3, 0.4) is 0 Å². The molecule has 0 atom stereocenters. The molecular weight excluding hydrogens is 132 g/mol. The highest BCUT2D eigenvalue weighted by Crippen LogP contribution is 2.01. The molecule has 0 spiro atoms. The first-order chi connectivity index (χ1) is 4.76. The number of aliphatic hydroxyl groups excluding tert-OH is 1. The summed E-state index contributed by atoms with van der Waals surface area (Å²) in [5, 5.41) is 8.46. The Morgan fingerprint density at radius 3 is 2.50 bits per heavy atom. The van der Waals surface area contributed by atoms with Gasteiger partial charge in [0.25, 0.3) is 0 Å². The van der Waals surface area contributed by atoms with Crippen LogP contribution in [0.25, 0.3) is 0 Å². The summed E-state index contributed by atoms with van der Waals surface area (Å²) >= 11 is 0. The van der Waals surface area contributed by atoms with E-state index in [1.165, 1.54) is 0 Å². The highest BCUT2D eigenvalue weighted by Gasteiger charge is 2.06. The molecule has 0 saturated carbocycles. The van der Waals surface area contributed by atoms with Gasteiger partial charge >= 0.3 is 5.97 Å². The molecule has 0 aromatic rings. The summed E-state index contributed by atoms with van der Waals surface area (Å²) in [6.45, 7) is 3.84. The van der Waals surface area contributed by atoms with Crippen molar-refractivity contribution in [2.45, 2.75) is 20.3 Å². The Bertz CT molecular complexity index is 138. The lowest BCUT2D eigenvalue weighted by Gasteiger charge is -2.00. The highest BCUT2D eigenvalue weighted by molar-refractivity contribution is 5.87. The van der Waals surface area contributed by atoms with Crippen LogP contribution in [-0.2, 0) is 9.53 Å². The molecule has 0 radical (unpaired) electrons. The predicted molar refractivity (Wildman–Crippen MR) is 37.6 cm³/mol. The summed E-state index contributed by atoms with van der Waals surface area (Å²) in [5.74, 6) is -0.437. The smallest absolute Gasteiger partial charge is 0.337 e. The van der Waals surface area contributed by atoms with E-state index in [0.717, 1.165) is 6.26 Å². The van der Waals surface area contributed by atoms with Crippen molar-refractivity contribution in [1.29, 1.82) is 0 Å². The van der Waals surface area contributed by atoms with Crippen molar-refractivity contribution in [3.8, 4) is 0 Å². The van der Waals surface area contributed by atoms with E-state index < -0.39 is 5.97 Å². The number of rotatable bonds is 3. The van der Waals surface area contributed by atoms with E-state index in [-0.39, 0.29) is 0 Å². The first-order valence-electron chi connectivity index (χ1n) is 3.26. The predicted octanol–water partition coefficient (Wildman–Crippen LogP) is 1.40. The lowest BCUT2D eigenvalue weighted by atomic mass is 10.2. The minimum absolute atomic E-state index is 0.307. The van der Waals surface area contributed by atoms with Crippen LogP contribution in [0, 0.1) is 0 Å². The molecular formula is C7H12O3. The zero-order valence-electron chi connectivity index (χ0n) is 6.26. The molecule has 0 amide bonds. The number of esters is 1. The van der Waals surface area contributed by atoms with Gasteiger partial charge in [-0.25, -0.2) is 4.79 Å². The van der Waals surface area contributed by atoms with Gasteiger partial charge in [0, 0.05) is 0 Å². The zero-order valence-corrected chi connectivity index (χ0v) is 6.26. The maximum Gasteiger partial charge on any atom is 0.337 e. The van der Waals surface area contributed by atoms with Crippen molar-refractivity contribution in [3.63, 3.8) is 0 Å². The first kappa shape index (κ1) is 9.01. The van der Waals surface area contributed by atoms with E-state index in [2.05, 4.69) is 4.74 Å². The van der Waals surface area contributed by atoms with Gasteiger partial charge in [0.15, 0.2) is 0 Å². The third-order valence-corrected chi connectivity index (χ3v) is 1.07. The molecule has 0 saturated heterocycles. The Labute approximate surface area is 60.3 Å². The molecule has 0 bridgehead atoms. The number of carbonyl (C=O) groups excluding carboxylic acids is 1. The first-order valence-corrected chi connectivity index (χ1v) is 3.26. The summed E-state index contributed by atoms with van der Waals surface area (Å²) in [7, 11) is 0. The van der Waals surface area contributed by atoms with E-state index in [1.807, 2.05) is 0 Å². The van der Waals surface area contributed by atoms with Crippen molar-refractivity contribution in [2.75, 3.05) is 6.61 Å². The average molecular weight is 144 g/mol. The molecule has 58 valence electrons. The number of aliphatic hydroxyl groups is 1. The summed E-state index contributed by atoms with van der Waals surface area (Å²) < 4.78 is 4.62. The van der Waals surface area contributed by atoms with Crippen LogP contribution >= 0.6 is 0 Å². The average Bonchev–Trinajstić information content (AvgIpc) is 1.91. The minimum Gasteiger partial charge on any atom is -0.515 e. The summed E-state index contributed by atoms with van der Waals surface area (Å²) in [4.78, 5) is 10.8. The second-order valence-corrected chi connectivity index (χ2v) is 1.73. The molecule has 0 unspecified atom stereocenters. The highest BCUT2D eigenvalue weighted by atomic mass is 16.5. The molecule has 0 aliphatic heterocycles. The van der Waals surface area contributed by atoms with E-state index in [4.69, 9.17) is 5.11 Å². The molecule has 0 rings (SSSR count). The third kappa shape index (κ3) is 2.53. The Balaban J connectivity index is 3.91. The minimum atomic E-state index is -0.437. The van der Waals surface area contributed by atoms with Crippen LogP contribution in [-0.4, -0.2) is 17.7 Å². The standard InChI is InChI=1S/C7H12O3/c1-3-6(5-8)7(9)10-4-2/h5,8H,3-4H2,1-2H3. The van der Waals surface area contributed by atoms with Crippen molar-refractivity contribution >= 4 is 5.97 Å². The number of hydrogen-bond donors (Lipinski definition) is 1. The Morgan fingerprint density at radius 1 is 1.60 bits per heavy atom. The maximum absolute atomic E-state index is 10.8. The fourth-order valence-corrected chi connectivity index (χ4v) is 0.512. The molecule has 1 N–H and O–H groups in total. The molecule has 0 aliphatic rings. The largest absolute Gasteiger partial charge is 0.515 e. The van der Waals surface area contributed by atoms with Gasteiger partial charge in [0.1, 0.15) is 0 Å². The van der Waals surface area contributed by atoms with Crippen molar-refractivity contribution in [3.05, 3.63) is 11.8 Å². The summed E-state index contributed by atoms with van der Waals surface area (Å²) in [6.07, 6.45) is 1.29. The third-order valence-electron chi connectivity index (χ3n) is 1.07. The van der Waals surface area contributed by atoms with Gasteiger partial charge < -0.3 is 9.84 Å². The van der Waals surface area contributed by atoms with Gasteiger partial charge in [-0.2, -0.15) is 0 Å². The van der Waals surface area contributed by atoms with E-state index in [9.17, 15) is 4.79 Å². The van der Waals surface area contributed by atoms with Crippen molar-refractivity contribution in [1.82, 2.24) is 0 Å². The summed E-state index contributed by atoms with van der Waals surface area (Å²) in [6, 6.07) is 0. The second-order valence-electron chi connectivity index (χ2n) is 1.73. The molecule has 3 heteroatoms. The molecule has 0 heterocycles. The maximum atomic E-state index is 10.8. The Morgan fingerprint density at radius 2 is 2.20 bits per heavy atom. The van der Waals surface area contributed by atoms with Gasteiger partial charge in [-0.3, -0.25) is 0 Å². The van der Waals surface area contributed by atoms with Crippen molar-refractivity contribution in [2.24, 2.45) is 0 Å². The van der Waals surface area contributed by atoms with Gasteiger partial charge in [-0.05, 0) is 13.3 Å². The molecule has 0 aromatic heterocycles. The van der Waals surface area contributed by atoms with Crippen LogP contribution in [0.5, 0.6) is 0 Å². The van der Waals surface area contributed by atoms with Gasteiger partial charge in [-0.1, -0.05) is 6.92 Å². The normalized spacial score (nSPS) is 11.2. The quantitative estimate of drug-likeness (QED) is 0.370. The molecule has 0 aromatic carbocycles. The fraction of sp³-hybridized carbons (Fsp3) is 0.571. The molecule has 3 nitrogen and oxygen atoms in total. The fourth-order valence-electron chi connectivity index (χ4n) is 0.512. The topological polar surface area (TPSA) is 46.5 Å². The van der Waals surface area contributed by atoms with Crippen LogP contribution in [0.4, 0.5) is 0 Å². The molecule has 0 aliphatic carbocycles. The molecule has 10 heavy (non-hydrogen) atoms. The van der Waals surface area contributed by atoms with Crippen LogP contribution in [0.15, 0.2) is 11.8 Å². The Kier molecular flexibility index (Phi) is 4.37. The zero-order chi connectivity index (χ0) is 7.98. The lowest BCUT2D eigenvalue weighted by molar-refractivity contribution is -0.138. The monoisotopic (exact) mass is 144 g/mol. The van der Waals surface area contributed by atoms with E-state index >= 15 is 0 Å². The summed E-state index contributed by atoms with van der Waals surface area (Å²) in [5.41, 5.74) is 0.307. The van der Waals surface area contributed by atoms with Gasteiger partial charge in [0.2, 0.25) is 0 Å². The SMILES string of the molecule is CCOC(=O)C(=CO)CC. The van der Waals surface area contributed by atoms with Crippen LogP contribution < -0.4 is 0 Å². The number of hydrogen-bond acceptors (Lipinski definition) is 3. The van der Waals surface area contributed by atoms with E-state index in [0.29, 0.717) is 18.6 Å². The van der Waals surface area contributed by atoms with Gasteiger partial charge in [-0.15, -0.1) is 0 Å². The van der Waals surface area contributed by atoms with Crippen molar-refractivity contribution < 1.29 is 14.6 Å². The van der Waals surface area contributed by atoms with Crippen LogP contribution in [0.1, 0.15) is 20.3 Å². The second kappa shape index (κ2) is 4.85. The number of ether oxygens (including phenoxy) is 1.